The van der Waals surface area contributed by atoms with Crippen molar-refractivity contribution in [1.29, 1.82) is 5.26 Å². The third-order valence-corrected chi connectivity index (χ3v) is 4.47. The monoisotopic (exact) mass is 336 g/mol. The molecular formula is C15H14Cl2N4O. The van der Waals surface area contributed by atoms with Crippen molar-refractivity contribution in [2.24, 2.45) is 5.10 Å². The van der Waals surface area contributed by atoms with Crippen LogP contribution in [0.25, 0.3) is 0 Å². The van der Waals surface area contributed by atoms with Crippen LogP contribution in [0.2, 0.25) is 10.0 Å². The van der Waals surface area contributed by atoms with E-state index in [9.17, 15) is 10.1 Å². The van der Waals surface area contributed by atoms with Crippen molar-refractivity contribution in [1.82, 2.24) is 4.90 Å². The first-order valence-corrected chi connectivity index (χ1v) is 7.91. The van der Waals surface area contributed by atoms with E-state index < -0.39 is 0 Å². The summed E-state index contributed by atoms with van der Waals surface area (Å²) in [5.74, 6) is -0.296. The fourth-order valence-electron chi connectivity index (χ4n) is 2.89. The second-order valence-electron chi connectivity index (χ2n) is 5.33. The van der Waals surface area contributed by atoms with Gasteiger partial charge in [0.2, 0.25) is 5.71 Å². The van der Waals surface area contributed by atoms with Crippen LogP contribution in [0.3, 0.4) is 0 Å². The molecule has 2 aliphatic heterocycles. The number of halogens is 2. The van der Waals surface area contributed by atoms with Gasteiger partial charge in [-0.25, -0.2) is 5.01 Å². The van der Waals surface area contributed by atoms with Gasteiger partial charge >= 0.3 is 0 Å². The van der Waals surface area contributed by atoms with Gasteiger partial charge in [-0.05, 0) is 37.5 Å². The van der Waals surface area contributed by atoms with Gasteiger partial charge in [0.25, 0.3) is 5.91 Å². The van der Waals surface area contributed by atoms with Gasteiger partial charge in [-0.1, -0.05) is 29.6 Å². The van der Waals surface area contributed by atoms with Gasteiger partial charge < -0.3 is 4.90 Å². The van der Waals surface area contributed by atoms with E-state index in [0.717, 1.165) is 25.7 Å². The molecule has 0 bridgehead atoms. The molecule has 0 spiro atoms. The third-order valence-electron chi connectivity index (χ3n) is 3.94. The van der Waals surface area contributed by atoms with E-state index in [4.69, 9.17) is 23.2 Å². The Bertz CT molecular complexity index is 683. The molecule has 3 rings (SSSR count). The zero-order valence-corrected chi connectivity index (χ0v) is 13.3. The number of anilines is 1. The summed E-state index contributed by atoms with van der Waals surface area (Å²) in [6.45, 7) is 0.631. The highest BCUT2D eigenvalue weighted by atomic mass is 35.5. The van der Waals surface area contributed by atoms with Gasteiger partial charge in [-0.15, -0.1) is 0 Å². The van der Waals surface area contributed by atoms with E-state index >= 15 is 0 Å². The molecule has 1 fully saturated rings. The van der Waals surface area contributed by atoms with Gasteiger partial charge in [0.05, 0.1) is 10.7 Å². The van der Waals surface area contributed by atoms with Crippen molar-refractivity contribution in [2.75, 3.05) is 11.6 Å². The molecule has 1 amide bonds. The molecule has 0 saturated carbocycles. The number of hydrogen-bond acceptors (Lipinski definition) is 4. The van der Waals surface area contributed by atoms with Crippen molar-refractivity contribution in [3.05, 3.63) is 28.2 Å². The van der Waals surface area contributed by atoms with Crippen LogP contribution in [0.4, 0.5) is 5.69 Å². The lowest BCUT2D eigenvalue weighted by molar-refractivity contribution is -0.126. The molecule has 0 aliphatic carbocycles. The van der Waals surface area contributed by atoms with Gasteiger partial charge in [-0.2, -0.15) is 10.4 Å². The molecule has 2 heterocycles. The van der Waals surface area contributed by atoms with Gasteiger partial charge in [0, 0.05) is 11.6 Å². The van der Waals surface area contributed by atoms with Crippen LogP contribution in [-0.4, -0.2) is 29.2 Å². The number of nitriles is 1. The lowest BCUT2D eigenvalue weighted by Crippen LogP contribution is -2.55. The molecule has 2 aliphatic rings. The second kappa shape index (κ2) is 6.15. The van der Waals surface area contributed by atoms with Crippen molar-refractivity contribution < 1.29 is 4.79 Å². The Balaban J connectivity index is 2.08. The quantitative estimate of drug-likeness (QED) is 0.789. The summed E-state index contributed by atoms with van der Waals surface area (Å²) in [6.07, 6.45) is 3.60. The number of carbonyl (C=O) groups excluding carboxylic acids is 1. The molecule has 22 heavy (non-hydrogen) atoms. The van der Waals surface area contributed by atoms with E-state index in [1.165, 1.54) is 0 Å². The van der Waals surface area contributed by atoms with Crippen LogP contribution >= 0.6 is 23.2 Å². The van der Waals surface area contributed by atoms with Crippen molar-refractivity contribution >= 4 is 40.5 Å². The molecule has 0 radical (unpaired) electrons. The van der Waals surface area contributed by atoms with Gasteiger partial charge in [-0.3, -0.25) is 4.79 Å². The van der Waals surface area contributed by atoms with E-state index in [1.807, 2.05) is 6.07 Å². The number of hydrogen-bond donors (Lipinski definition) is 0. The maximum Gasteiger partial charge on any atom is 0.286 e. The standard InChI is InChI=1S/C15H14Cl2N4O/c16-10-5-6-13(11(17)8-10)21-14-4-2-1-3-7-20(14)15(22)12(9-18)19-21/h5-6,8,14H,1-4,7H2. The highest BCUT2D eigenvalue weighted by molar-refractivity contribution is 6.45. The zero-order valence-electron chi connectivity index (χ0n) is 11.8. The molecule has 1 unspecified atom stereocenters. The normalized spacial score (nSPS) is 21.8. The Morgan fingerprint density at radius 2 is 2.09 bits per heavy atom. The Morgan fingerprint density at radius 1 is 1.27 bits per heavy atom. The Kier molecular flexibility index (Phi) is 4.23. The Hall–Kier alpha value is -1.77. The molecule has 1 aromatic rings. The van der Waals surface area contributed by atoms with E-state index in [1.54, 1.807) is 28.1 Å². The SMILES string of the molecule is N#CC1=NN(c2ccc(Cl)cc2Cl)C2CCCCCN2C1=O. The van der Waals surface area contributed by atoms with E-state index in [0.29, 0.717) is 22.3 Å². The largest absolute Gasteiger partial charge is 0.314 e. The molecule has 5 nitrogen and oxygen atoms in total. The van der Waals surface area contributed by atoms with Crippen LogP contribution in [0, 0.1) is 11.3 Å². The maximum absolute atomic E-state index is 12.4. The summed E-state index contributed by atoms with van der Waals surface area (Å²) in [6, 6.07) is 7.01. The van der Waals surface area contributed by atoms with Crippen LogP contribution in [0.1, 0.15) is 25.7 Å². The van der Waals surface area contributed by atoms with Gasteiger partial charge in [0.15, 0.2) is 0 Å². The molecule has 0 aromatic heterocycles. The average molecular weight is 337 g/mol. The summed E-state index contributed by atoms with van der Waals surface area (Å²) in [5.41, 5.74) is 0.549. The Labute approximate surface area is 138 Å². The summed E-state index contributed by atoms with van der Waals surface area (Å²) >= 11 is 12.2. The number of fused-ring (bicyclic) bond motifs is 1. The number of benzene rings is 1. The van der Waals surface area contributed by atoms with Gasteiger partial charge in [0.1, 0.15) is 12.2 Å². The van der Waals surface area contributed by atoms with Crippen molar-refractivity contribution in [3.63, 3.8) is 0 Å². The minimum atomic E-state index is -0.296. The highest BCUT2D eigenvalue weighted by Gasteiger charge is 2.38. The molecule has 1 aromatic carbocycles. The van der Waals surface area contributed by atoms with Crippen LogP contribution < -0.4 is 5.01 Å². The van der Waals surface area contributed by atoms with Crippen molar-refractivity contribution in [3.8, 4) is 6.07 Å². The Morgan fingerprint density at radius 3 is 2.82 bits per heavy atom. The first kappa shape index (κ1) is 15.1. The van der Waals surface area contributed by atoms with Crippen molar-refractivity contribution in [2.45, 2.75) is 31.8 Å². The van der Waals surface area contributed by atoms with Crippen LogP contribution in [-0.2, 0) is 4.79 Å². The zero-order chi connectivity index (χ0) is 15.7. The average Bonchev–Trinajstić information content (AvgIpc) is 2.75. The predicted molar refractivity (Wildman–Crippen MR) is 86.0 cm³/mol. The highest BCUT2D eigenvalue weighted by Crippen LogP contribution is 2.34. The fourth-order valence-corrected chi connectivity index (χ4v) is 3.38. The van der Waals surface area contributed by atoms with E-state index in [2.05, 4.69) is 5.10 Å². The summed E-state index contributed by atoms with van der Waals surface area (Å²) < 4.78 is 0. The number of hydrazone groups is 1. The minimum absolute atomic E-state index is 0.107. The fraction of sp³-hybridized carbons (Fsp3) is 0.400. The molecule has 114 valence electrons. The predicted octanol–water partition coefficient (Wildman–Crippen LogP) is 3.42. The lowest BCUT2D eigenvalue weighted by Gasteiger charge is -2.40. The van der Waals surface area contributed by atoms with E-state index in [-0.39, 0.29) is 17.8 Å². The third kappa shape index (κ3) is 2.65. The molecule has 1 atom stereocenters. The molecule has 0 N–H and O–H groups in total. The smallest absolute Gasteiger partial charge is 0.286 e. The minimum Gasteiger partial charge on any atom is -0.314 e. The van der Waals surface area contributed by atoms with Crippen LogP contribution in [0.5, 0.6) is 0 Å². The summed E-state index contributed by atoms with van der Waals surface area (Å²) in [4.78, 5) is 14.1. The summed E-state index contributed by atoms with van der Waals surface area (Å²) in [5, 5.41) is 16.1. The number of nitrogens with zero attached hydrogens (tertiary/aromatic N) is 4. The number of rotatable bonds is 1. The topological polar surface area (TPSA) is 59.7 Å². The first-order chi connectivity index (χ1) is 10.6. The molecule has 1 saturated heterocycles. The summed E-state index contributed by atoms with van der Waals surface area (Å²) in [7, 11) is 0. The molecular weight excluding hydrogens is 323 g/mol. The number of carbonyl (C=O) groups is 1. The second-order valence-corrected chi connectivity index (χ2v) is 6.17. The molecule has 7 heteroatoms. The maximum atomic E-state index is 12.4. The van der Waals surface area contributed by atoms with Crippen LogP contribution in [0.15, 0.2) is 23.3 Å². The number of amides is 1. The lowest BCUT2D eigenvalue weighted by atomic mass is 10.1. The first-order valence-electron chi connectivity index (χ1n) is 7.16.